The van der Waals surface area contributed by atoms with Crippen LogP contribution < -0.4 is 5.32 Å². The molecule has 0 bridgehead atoms. The summed E-state index contributed by atoms with van der Waals surface area (Å²) >= 11 is 0. The van der Waals surface area contributed by atoms with Crippen LogP contribution >= 0.6 is 0 Å². The summed E-state index contributed by atoms with van der Waals surface area (Å²) in [5.41, 5.74) is 3.11. The van der Waals surface area contributed by atoms with Gasteiger partial charge in [0.25, 0.3) is 0 Å². The van der Waals surface area contributed by atoms with Gasteiger partial charge in [0.05, 0.1) is 18.2 Å². The summed E-state index contributed by atoms with van der Waals surface area (Å²) in [6, 6.07) is 4.34. The van der Waals surface area contributed by atoms with E-state index in [9.17, 15) is 4.79 Å². The Balaban J connectivity index is 1.55. The molecular formula is C19H26N4O2. The van der Waals surface area contributed by atoms with Crippen LogP contribution in [0.5, 0.6) is 0 Å². The van der Waals surface area contributed by atoms with Crippen LogP contribution in [0.3, 0.4) is 0 Å². The second kappa shape index (κ2) is 7.78. The molecule has 6 nitrogen and oxygen atoms in total. The van der Waals surface area contributed by atoms with Crippen molar-refractivity contribution >= 4 is 5.91 Å². The molecule has 6 heteroatoms. The molecule has 1 aliphatic rings. The molecule has 0 aliphatic carbocycles. The van der Waals surface area contributed by atoms with Crippen molar-refractivity contribution in [3.63, 3.8) is 0 Å². The molecule has 0 radical (unpaired) electrons. The van der Waals surface area contributed by atoms with Crippen molar-refractivity contribution in [2.75, 3.05) is 13.2 Å². The molecule has 1 fully saturated rings. The van der Waals surface area contributed by atoms with Gasteiger partial charge in [-0.05, 0) is 45.2 Å². The van der Waals surface area contributed by atoms with E-state index < -0.39 is 0 Å². The number of ether oxygens (including phenoxy) is 1. The Morgan fingerprint density at radius 2 is 2.24 bits per heavy atom. The Kier molecular flexibility index (Phi) is 5.48. The van der Waals surface area contributed by atoms with E-state index in [0.29, 0.717) is 19.2 Å². The number of nitrogens with zero attached hydrogens (tertiary/aromatic N) is 3. The van der Waals surface area contributed by atoms with Crippen molar-refractivity contribution in [2.45, 2.75) is 45.8 Å². The number of aromatic nitrogens is 3. The quantitative estimate of drug-likeness (QED) is 0.876. The fourth-order valence-electron chi connectivity index (χ4n) is 3.08. The molecular weight excluding hydrogens is 316 g/mol. The fraction of sp³-hybridized carbons (Fsp3) is 0.526. The monoisotopic (exact) mass is 342 g/mol. The Labute approximate surface area is 148 Å². The minimum Gasteiger partial charge on any atom is -0.373 e. The summed E-state index contributed by atoms with van der Waals surface area (Å²) in [5, 5.41) is 7.40. The van der Waals surface area contributed by atoms with Crippen molar-refractivity contribution in [2.24, 2.45) is 5.92 Å². The average molecular weight is 342 g/mol. The first kappa shape index (κ1) is 17.6. The molecule has 1 N–H and O–H groups in total. The van der Waals surface area contributed by atoms with Gasteiger partial charge in [0, 0.05) is 42.8 Å². The van der Waals surface area contributed by atoms with Gasteiger partial charge < -0.3 is 10.1 Å². The fourth-order valence-corrected chi connectivity index (χ4v) is 3.08. The van der Waals surface area contributed by atoms with Crippen LogP contribution in [-0.4, -0.2) is 33.8 Å². The van der Waals surface area contributed by atoms with Crippen molar-refractivity contribution < 1.29 is 9.53 Å². The Hall–Kier alpha value is -2.21. The zero-order valence-electron chi connectivity index (χ0n) is 15.1. The molecule has 0 spiro atoms. The molecule has 1 amide bonds. The third-order valence-corrected chi connectivity index (χ3v) is 4.59. The summed E-state index contributed by atoms with van der Waals surface area (Å²) in [4.78, 5) is 16.9. The van der Waals surface area contributed by atoms with Crippen LogP contribution in [-0.2, 0) is 16.0 Å². The number of amides is 1. The highest BCUT2D eigenvalue weighted by Crippen LogP contribution is 2.34. The third kappa shape index (κ3) is 4.25. The van der Waals surface area contributed by atoms with E-state index in [1.807, 2.05) is 36.3 Å². The highest BCUT2D eigenvalue weighted by atomic mass is 16.5. The molecule has 2 atom stereocenters. The zero-order chi connectivity index (χ0) is 17.8. The van der Waals surface area contributed by atoms with E-state index in [1.54, 1.807) is 0 Å². The number of nitrogens with one attached hydrogen (secondary N) is 1. The van der Waals surface area contributed by atoms with E-state index in [4.69, 9.17) is 4.74 Å². The van der Waals surface area contributed by atoms with Crippen molar-refractivity contribution in [1.29, 1.82) is 0 Å². The maximum atomic E-state index is 12.6. The molecule has 134 valence electrons. The lowest BCUT2D eigenvalue weighted by Crippen LogP contribution is -2.33. The van der Waals surface area contributed by atoms with Crippen LogP contribution in [0, 0.1) is 12.8 Å². The first-order valence-electron chi connectivity index (χ1n) is 8.89. The molecule has 25 heavy (non-hydrogen) atoms. The first-order valence-corrected chi connectivity index (χ1v) is 8.89. The lowest BCUT2D eigenvalue weighted by atomic mass is 9.96. The van der Waals surface area contributed by atoms with Crippen LogP contribution in [0.15, 0.2) is 30.7 Å². The number of hydrogen-bond acceptors (Lipinski definition) is 4. The van der Waals surface area contributed by atoms with Crippen LogP contribution in [0.1, 0.15) is 49.2 Å². The molecule has 0 aromatic carbocycles. The van der Waals surface area contributed by atoms with Gasteiger partial charge in [-0.1, -0.05) is 6.07 Å². The van der Waals surface area contributed by atoms with Crippen molar-refractivity contribution in [3.05, 3.63) is 47.5 Å². The van der Waals surface area contributed by atoms with Crippen LogP contribution in [0.25, 0.3) is 0 Å². The van der Waals surface area contributed by atoms with Gasteiger partial charge in [0.2, 0.25) is 5.91 Å². The predicted molar refractivity (Wildman–Crippen MR) is 95.1 cm³/mol. The largest absolute Gasteiger partial charge is 0.373 e. The van der Waals surface area contributed by atoms with E-state index in [-0.39, 0.29) is 17.9 Å². The van der Waals surface area contributed by atoms with Crippen molar-refractivity contribution in [3.8, 4) is 0 Å². The Morgan fingerprint density at radius 1 is 1.40 bits per heavy atom. The number of carbonyl (C=O) groups is 1. The van der Waals surface area contributed by atoms with Gasteiger partial charge in [-0.15, -0.1) is 0 Å². The lowest BCUT2D eigenvalue weighted by Gasteiger charge is -2.17. The second-order valence-electron chi connectivity index (χ2n) is 6.88. The number of aryl methyl sites for hydroxylation is 1. The van der Waals surface area contributed by atoms with Gasteiger partial charge in [-0.3, -0.25) is 14.5 Å². The van der Waals surface area contributed by atoms with E-state index >= 15 is 0 Å². The van der Waals surface area contributed by atoms with E-state index in [1.165, 1.54) is 0 Å². The first-order chi connectivity index (χ1) is 12.0. The molecule has 2 aromatic heterocycles. The summed E-state index contributed by atoms with van der Waals surface area (Å²) < 4.78 is 7.72. The second-order valence-corrected chi connectivity index (χ2v) is 6.88. The van der Waals surface area contributed by atoms with Gasteiger partial charge >= 0.3 is 0 Å². The maximum absolute atomic E-state index is 12.6. The summed E-state index contributed by atoms with van der Waals surface area (Å²) in [6.45, 7) is 7.34. The molecule has 2 aromatic rings. The number of rotatable bonds is 6. The van der Waals surface area contributed by atoms with Gasteiger partial charge in [-0.2, -0.15) is 5.10 Å². The molecule has 1 saturated heterocycles. The molecule has 0 saturated carbocycles. The number of hydrogen-bond donors (Lipinski definition) is 1. The highest BCUT2D eigenvalue weighted by Gasteiger charge is 2.35. The lowest BCUT2D eigenvalue weighted by molar-refractivity contribution is -0.126. The van der Waals surface area contributed by atoms with Gasteiger partial charge in [-0.25, -0.2) is 0 Å². The Bertz CT molecular complexity index is 708. The third-order valence-electron chi connectivity index (χ3n) is 4.59. The topological polar surface area (TPSA) is 69.0 Å². The van der Waals surface area contributed by atoms with Crippen molar-refractivity contribution in [1.82, 2.24) is 20.1 Å². The molecule has 3 rings (SSSR count). The van der Waals surface area contributed by atoms with Gasteiger partial charge in [0.15, 0.2) is 0 Å². The summed E-state index contributed by atoms with van der Waals surface area (Å²) in [5.74, 6) is -0.0965. The average Bonchev–Trinajstić information content (AvgIpc) is 3.25. The molecule has 1 aliphatic heterocycles. The SMILES string of the molecule is Cc1ccc(CCNC(=O)[C@@H]2CCO[C@H]2c2cnn(C(C)C)c2)cn1. The Morgan fingerprint density at radius 3 is 2.92 bits per heavy atom. The van der Waals surface area contributed by atoms with E-state index in [2.05, 4.69) is 35.3 Å². The normalized spacial score (nSPS) is 20.2. The molecule has 3 heterocycles. The summed E-state index contributed by atoms with van der Waals surface area (Å²) in [6.07, 6.45) is 6.99. The molecule has 0 unspecified atom stereocenters. The smallest absolute Gasteiger partial charge is 0.226 e. The van der Waals surface area contributed by atoms with Gasteiger partial charge in [0.1, 0.15) is 0 Å². The minimum absolute atomic E-state index is 0.0554. The zero-order valence-corrected chi connectivity index (χ0v) is 15.1. The van der Waals surface area contributed by atoms with Crippen LogP contribution in [0.2, 0.25) is 0 Å². The van der Waals surface area contributed by atoms with Crippen LogP contribution in [0.4, 0.5) is 0 Å². The minimum atomic E-state index is -0.200. The number of carbonyl (C=O) groups excluding carboxylic acids is 1. The maximum Gasteiger partial charge on any atom is 0.226 e. The highest BCUT2D eigenvalue weighted by molar-refractivity contribution is 5.79. The number of pyridine rings is 1. The van der Waals surface area contributed by atoms with E-state index in [0.717, 1.165) is 29.7 Å². The predicted octanol–water partition coefficient (Wildman–Crippen LogP) is 2.60. The standard InChI is InChI=1S/C19H26N4O2/c1-13(2)23-12-16(11-22-23)18-17(7-9-25-18)19(24)20-8-6-15-5-4-14(3)21-10-15/h4-5,10-13,17-18H,6-9H2,1-3H3,(H,20,24)/t17-,18+/m1/s1. The summed E-state index contributed by atoms with van der Waals surface area (Å²) in [7, 11) is 0.